The lowest BCUT2D eigenvalue weighted by Gasteiger charge is -2.33. The Labute approximate surface area is 176 Å². The van der Waals surface area contributed by atoms with Crippen LogP contribution in [0.3, 0.4) is 0 Å². The smallest absolute Gasteiger partial charge is 0.227 e. The van der Waals surface area contributed by atoms with E-state index in [1.54, 1.807) is 13.3 Å². The van der Waals surface area contributed by atoms with Crippen LogP contribution in [0.2, 0.25) is 0 Å². The average molecular weight is 402 g/mol. The lowest BCUT2D eigenvalue weighted by atomic mass is 9.89. The zero-order valence-electron chi connectivity index (χ0n) is 17.1. The molecule has 1 aliphatic heterocycles. The standard InChI is InChI=1S/C24H26N4O2/c1-30-20-11-9-18(10-12-20)21-15-26-24(25)27-23(21)19-8-5-13-28(16-19)22(29)14-17-6-3-2-4-7-17/h2-4,6-7,9-12,15,19H,5,8,13-14,16H2,1H3,(H2,25,26,27). The number of methoxy groups -OCH3 is 1. The molecule has 4 rings (SSSR count). The Hall–Kier alpha value is -3.41. The quantitative estimate of drug-likeness (QED) is 0.704. The van der Waals surface area contributed by atoms with Crippen molar-refractivity contribution in [1.29, 1.82) is 0 Å². The minimum atomic E-state index is 0.126. The van der Waals surface area contributed by atoms with Crippen LogP contribution in [0, 0.1) is 0 Å². The van der Waals surface area contributed by atoms with Gasteiger partial charge in [-0.3, -0.25) is 4.79 Å². The molecule has 1 fully saturated rings. The summed E-state index contributed by atoms with van der Waals surface area (Å²) in [5, 5.41) is 0. The van der Waals surface area contributed by atoms with Gasteiger partial charge in [0.1, 0.15) is 5.75 Å². The second kappa shape index (κ2) is 8.95. The molecule has 1 unspecified atom stereocenters. The average Bonchev–Trinajstić information content (AvgIpc) is 2.80. The van der Waals surface area contributed by atoms with E-state index in [0.717, 1.165) is 47.5 Å². The van der Waals surface area contributed by atoms with E-state index in [0.29, 0.717) is 13.0 Å². The number of likely N-dealkylation sites (tertiary alicyclic amines) is 1. The number of anilines is 1. The number of amides is 1. The summed E-state index contributed by atoms with van der Waals surface area (Å²) in [6.07, 6.45) is 4.11. The van der Waals surface area contributed by atoms with Gasteiger partial charge in [0.25, 0.3) is 0 Å². The molecule has 1 aliphatic rings. The van der Waals surface area contributed by atoms with Crippen LogP contribution in [0.5, 0.6) is 5.75 Å². The highest BCUT2D eigenvalue weighted by molar-refractivity contribution is 5.79. The van der Waals surface area contributed by atoms with Crippen molar-refractivity contribution < 1.29 is 9.53 Å². The molecule has 1 amide bonds. The summed E-state index contributed by atoms with van der Waals surface area (Å²) in [4.78, 5) is 23.7. The van der Waals surface area contributed by atoms with Crippen LogP contribution >= 0.6 is 0 Å². The number of ether oxygens (including phenoxy) is 1. The third-order valence-electron chi connectivity index (χ3n) is 5.60. The van der Waals surface area contributed by atoms with Crippen LogP contribution in [0.25, 0.3) is 11.1 Å². The Bertz CT molecular complexity index is 1010. The number of hydrogen-bond acceptors (Lipinski definition) is 5. The molecule has 0 bridgehead atoms. The van der Waals surface area contributed by atoms with Crippen molar-refractivity contribution in [2.24, 2.45) is 0 Å². The number of carbonyl (C=O) groups is 1. The van der Waals surface area contributed by atoms with Crippen molar-refractivity contribution in [2.45, 2.75) is 25.2 Å². The summed E-state index contributed by atoms with van der Waals surface area (Å²) in [5.41, 5.74) is 9.84. The molecular formula is C24H26N4O2. The molecular weight excluding hydrogens is 376 g/mol. The van der Waals surface area contributed by atoms with Gasteiger partial charge >= 0.3 is 0 Å². The summed E-state index contributed by atoms with van der Waals surface area (Å²) >= 11 is 0. The van der Waals surface area contributed by atoms with Crippen molar-refractivity contribution in [1.82, 2.24) is 14.9 Å². The zero-order chi connectivity index (χ0) is 20.9. The van der Waals surface area contributed by atoms with Gasteiger partial charge in [0.2, 0.25) is 11.9 Å². The van der Waals surface area contributed by atoms with Crippen molar-refractivity contribution in [3.8, 4) is 16.9 Å². The maximum atomic E-state index is 12.9. The molecule has 2 heterocycles. The van der Waals surface area contributed by atoms with Gasteiger partial charge in [0.15, 0.2) is 0 Å². The summed E-state index contributed by atoms with van der Waals surface area (Å²) in [5.74, 6) is 1.34. The number of benzene rings is 2. The van der Waals surface area contributed by atoms with E-state index in [-0.39, 0.29) is 17.8 Å². The van der Waals surface area contributed by atoms with Crippen LogP contribution in [-0.4, -0.2) is 41.0 Å². The molecule has 2 aromatic carbocycles. The summed E-state index contributed by atoms with van der Waals surface area (Å²) < 4.78 is 5.26. The Balaban J connectivity index is 1.57. The van der Waals surface area contributed by atoms with Gasteiger partial charge in [0.05, 0.1) is 19.2 Å². The monoisotopic (exact) mass is 402 g/mol. The summed E-state index contributed by atoms with van der Waals surface area (Å²) in [7, 11) is 1.65. The summed E-state index contributed by atoms with van der Waals surface area (Å²) in [6, 6.07) is 17.7. The fraction of sp³-hybridized carbons (Fsp3) is 0.292. The SMILES string of the molecule is COc1ccc(-c2cnc(N)nc2C2CCCN(C(=O)Cc3ccccc3)C2)cc1. The van der Waals surface area contributed by atoms with Gasteiger partial charge < -0.3 is 15.4 Å². The molecule has 0 radical (unpaired) electrons. The predicted molar refractivity (Wildman–Crippen MR) is 117 cm³/mol. The van der Waals surface area contributed by atoms with Gasteiger partial charge in [-0.2, -0.15) is 0 Å². The van der Waals surface area contributed by atoms with Crippen LogP contribution in [0.1, 0.15) is 30.0 Å². The Morgan fingerprint density at radius 2 is 1.93 bits per heavy atom. The predicted octanol–water partition coefficient (Wildman–Crippen LogP) is 3.68. The minimum Gasteiger partial charge on any atom is -0.497 e. The number of aromatic nitrogens is 2. The first-order valence-corrected chi connectivity index (χ1v) is 10.2. The van der Waals surface area contributed by atoms with Gasteiger partial charge in [-0.15, -0.1) is 0 Å². The molecule has 1 saturated heterocycles. The second-order valence-electron chi connectivity index (χ2n) is 7.60. The van der Waals surface area contributed by atoms with Gasteiger partial charge in [-0.05, 0) is 36.1 Å². The number of nitrogens with zero attached hydrogens (tertiary/aromatic N) is 3. The largest absolute Gasteiger partial charge is 0.497 e. The molecule has 1 atom stereocenters. The fourth-order valence-corrected chi connectivity index (χ4v) is 4.02. The maximum Gasteiger partial charge on any atom is 0.227 e. The van der Waals surface area contributed by atoms with Crippen molar-refractivity contribution in [3.63, 3.8) is 0 Å². The van der Waals surface area contributed by atoms with Crippen LogP contribution < -0.4 is 10.5 Å². The number of rotatable bonds is 5. The first-order valence-electron chi connectivity index (χ1n) is 10.2. The first kappa shape index (κ1) is 19.9. The number of piperidine rings is 1. The van der Waals surface area contributed by atoms with Crippen LogP contribution in [0.15, 0.2) is 60.8 Å². The molecule has 6 nitrogen and oxygen atoms in total. The molecule has 30 heavy (non-hydrogen) atoms. The third-order valence-corrected chi connectivity index (χ3v) is 5.60. The number of nitrogens with two attached hydrogens (primary N) is 1. The van der Waals surface area contributed by atoms with Gasteiger partial charge in [0, 0.05) is 30.8 Å². The van der Waals surface area contributed by atoms with E-state index in [2.05, 4.69) is 9.97 Å². The Kier molecular flexibility index (Phi) is 5.93. The normalized spacial score (nSPS) is 16.3. The van der Waals surface area contributed by atoms with Gasteiger partial charge in [-0.25, -0.2) is 9.97 Å². The Morgan fingerprint density at radius 1 is 1.17 bits per heavy atom. The molecule has 154 valence electrons. The molecule has 1 aromatic heterocycles. The van der Waals surface area contributed by atoms with E-state index in [4.69, 9.17) is 10.5 Å². The van der Waals surface area contributed by atoms with Crippen LogP contribution in [-0.2, 0) is 11.2 Å². The maximum absolute atomic E-state index is 12.9. The highest BCUT2D eigenvalue weighted by atomic mass is 16.5. The first-order chi connectivity index (χ1) is 14.6. The molecule has 0 aliphatic carbocycles. The lowest BCUT2D eigenvalue weighted by molar-refractivity contribution is -0.131. The lowest BCUT2D eigenvalue weighted by Crippen LogP contribution is -2.40. The zero-order valence-corrected chi connectivity index (χ0v) is 17.1. The molecule has 6 heteroatoms. The fourth-order valence-electron chi connectivity index (χ4n) is 4.02. The number of hydrogen-bond donors (Lipinski definition) is 1. The van der Waals surface area contributed by atoms with Crippen molar-refractivity contribution in [2.75, 3.05) is 25.9 Å². The van der Waals surface area contributed by atoms with E-state index in [1.165, 1.54) is 0 Å². The van der Waals surface area contributed by atoms with E-state index >= 15 is 0 Å². The number of nitrogen functional groups attached to an aromatic ring is 1. The minimum absolute atomic E-state index is 0.126. The van der Waals surface area contributed by atoms with E-state index < -0.39 is 0 Å². The van der Waals surface area contributed by atoms with Crippen molar-refractivity contribution in [3.05, 3.63) is 72.1 Å². The topological polar surface area (TPSA) is 81.3 Å². The van der Waals surface area contributed by atoms with E-state index in [1.807, 2.05) is 59.5 Å². The molecule has 0 saturated carbocycles. The highest BCUT2D eigenvalue weighted by Gasteiger charge is 2.28. The number of carbonyl (C=O) groups excluding carboxylic acids is 1. The third kappa shape index (κ3) is 4.43. The van der Waals surface area contributed by atoms with Crippen molar-refractivity contribution >= 4 is 11.9 Å². The second-order valence-corrected chi connectivity index (χ2v) is 7.60. The van der Waals surface area contributed by atoms with E-state index in [9.17, 15) is 4.79 Å². The molecule has 0 spiro atoms. The molecule has 2 N–H and O–H groups in total. The Morgan fingerprint density at radius 3 is 2.67 bits per heavy atom. The van der Waals surface area contributed by atoms with Gasteiger partial charge in [-0.1, -0.05) is 42.5 Å². The summed E-state index contributed by atoms with van der Waals surface area (Å²) in [6.45, 7) is 1.42. The van der Waals surface area contributed by atoms with Crippen LogP contribution in [0.4, 0.5) is 5.95 Å². The molecule has 3 aromatic rings. The highest BCUT2D eigenvalue weighted by Crippen LogP contribution is 2.34.